The van der Waals surface area contributed by atoms with Gasteiger partial charge in [0.15, 0.2) is 5.96 Å². The van der Waals surface area contributed by atoms with Crippen molar-refractivity contribution in [1.29, 1.82) is 0 Å². The predicted octanol–water partition coefficient (Wildman–Crippen LogP) is 1.88. The first kappa shape index (κ1) is 18.7. The number of thiophene rings is 1. The Labute approximate surface area is 143 Å². The smallest absolute Gasteiger partial charge is 0.241 e. The maximum Gasteiger partial charge on any atom is 0.241 e. The topological polar surface area (TPSA) is 56.7 Å². The van der Waals surface area contributed by atoms with Gasteiger partial charge in [-0.1, -0.05) is 0 Å². The van der Waals surface area contributed by atoms with E-state index in [-0.39, 0.29) is 36.4 Å². The minimum Gasteiger partial charge on any atom is -0.352 e. The molecule has 1 heterocycles. The number of carbonyl (C=O) groups excluding carboxylic acids is 1. The number of halogens is 2. The van der Waals surface area contributed by atoms with Crippen molar-refractivity contribution in [2.24, 2.45) is 4.99 Å². The molecule has 2 N–H and O–H groups in total. The maximum atomic E-state index is 11.4. The van der Waals surface area contributed by atoms with Crippen molar-refractivity contribution in [3.8, 4) is 0 Å². The standard InChI is InChI=1S/C11H17BrN4OS.HI/c1-13-11(15-6-10(17)16(2)3)14-5-9-4-8(12)7-18-9;/h4,7H,5-6H2,1-3H3,(H2,13,14,15);1H. The van der Waals surface area contributed by atoms with Crippen LogP contribution in [0.15, 0.2) is 20.9 Å². The molecule has 0 fully saturated rings. The zero-order chi connectivity index (χ0) is 13.5. The van der Waals surface area contributed by atoms with E-state index in [9.17, 15) is 4.79 Å². The van der Waals surface area contributed by atoms with Gasteiger partial charge in [0.2, 0.25) is 5.91 Å². The minimum atomic E-state index is 0. The number of carbonyl (C=O) groups is 1. The Bertz CT molecular complexity index is 436. The second-order valence-electron chi connectivity index (χ2n) is 3.80. The Balaban J connectivity index is 0.00000324. The van der Waals surface area contributed by atoms with Gasteiger partial charge in [-0.15, -0.1) is 35.3 Å². The lowest BCUT2D eigenvalue weighted by atomic mass is 10.4. The molecule has 1 amide bonds. The first-order valence-corrected chi connectivity index (χ1v) is 7.07. The van der Waals surface area contributed by atoms with E-state index >= 15 is 0 Å². The van der Waals surface area contributed by atoms with Crippen LogP contribution >= 0.6 is 51.2 Å². The fraction of sp³-hybridized carbons (Fsp3) is 0.455. The molecule has 0 spiro atoms. The van der Waals surface area contributed by atoms with Crippen molar-refractivity contribution in [1.82, 2.24) is 15.5 Å². The molecule has 0 aliphatic heterocycles. The third-order valence-electron chi connectivity index (χ3n) is 2.18. The molecule has 1 rings (SSSR count). The number of aliphatic imine (C=N–C) groups is 1. The molecule has 0 aliphatic carbocycles. The van der Waals surface area contributed by atoms with Crippen LogP contribution in [0.2, 0.25) is 0 Å². The Morgan fingerprint density at radius 3 is 2.63 bits per heavy atom. The molecular weight excluding hydrogens is 443 g/mol. The van der Waals surface area contributed by atoms with Crippen molar-refractivity contribution in [3.05, 3.63) is 20.8 Å². The minimum absolute atomic E-state index is 0. The zero-order valence-electron chi connectivity index (χ0n) is 11.1. The molecule has 0 saturated heterocycles. The van der Waals surface area contributed by atoms with Crippen LogP contribution in [-0.4, -0.2) is 44.5 Å². The first-order valence-electron chi connectivity index (χ1n) is 5.40. The Kier molecular flexibility index (Phi) is 9.36. The van der Waals surface area contributed by atoms with Crippen LogP contribution < -0.4 is 10.6 Å². The van der Waals surface area contributed by atoms with Gasteiger partial charge < -0.3 is 15.5 Å². The van der Waals surface area contributed by atoms with Crippen molar-refractivity contribution in [3.63, 3.8) is 0 Å². The van der Waals surface area contributed by atoms with Gasteiger partial charge in [0.05, 0.1) is 13.1 Å². The SMILES string of the molecule is CN=C(NCC(=O)N(C)C)NCc1cc(Br)cs1.I. The van der Waals surface area contributed by atoms with Crippen molar-refractivity contribution >= 4 is 63.1 Å². The van der Waals surface area contributed by atoms with Gasteiger partial charge in [0, 0.05) is 35.9 Å². The number of nitrogens with one attached hydrogen (secondary N) is 2. The summed E-state index contributed by atoms with van der Waals surface area (Å²) in [5, 5.41) is 8.15. The van der Waals surface area contributed by atoms with Crippen LogP contribution in [-0.2, 0) is 11.3 Å². The van der Waals surface area contributed by atoms with Crippen LogP contribution in [0.4, 0.5) is 0 Å². The zero-order valence-corrected chi connectivity index (χ0v) is 15.8. The van der Waals surface area contributed by atoms with E-state index in [2.05, 4.69) is 37.6 Å². The Morgan fingerprint density at radius 2 is 2.16 bits per heavy atom. The van der Waals surface area contributed by atoms with E-state index in [4.69, 9.17) is 0 Å². The van der Waals surface area contributed by atoms with Crippen molar-refractivity contribution in [2.75, 3.05) is 27.7 Å². The molecule has 0 aliphatic rings. The predicted molar refractivity (Wildman–Crippen MR) is 94.3 cm³/mol. The monoisotopic (exact) mass is 460 g/mol. The van der Waals surface area contributed by atoms with Gasteiger partial charge in [0.1, 0.15) is 0 Å². The molecule has 0 bridgehead atoms. The van der Waals surface area contributed by atoms with Crippen LogP contribution in [0.5, 0.6) is 0 Å². The summed E-state index contributed by atoms with van der Waals surface area (Å²) in [5.41, 5.74) is 0. The molecule has 0 saturated carbocycles. The van der Waals surface area contributed by atoms with E-state index in [1.807, 2.05) is 5.38 Å². The number of hydrogen-bond acceptors (Lipinski definition) is 3. The van der Waals surface area contributed by atoms with E-state index in [1.165, 1.54) is 9.78 Å². The number of hydrogen-bond donors (Lipinski definition) is 2. The third-order valence-corrected chi connectivity index (χ3v) is 3.88. The number of amides is 1. The van der Waals surface area contributed by atoms with Crippen LogP contribution in [0, 0.1) is 0 Å². The lowest BCUT2D eigenvalue weighted by molar-refractivity contribution is -0.127. The lowest BCUT2D eigenvalue weighted by Gasteiger charge is -2.13. The molecule has 1 aromatic rings. The number of nitrogens with zero attached hydrogens (tertiary/aromatic N) is 2. The second kappa shape index (κ2) is 9.54. The van der Waals surface area contributed by atoms with Crippen molar-refractivity contribution < 1.29 is 4.79 Å². The summed E-state index contributed by atoms with van der Waals surface area (Å²) in [4.78, 5) is 18.2. The number of rotatable bonds is 4. The summed E-state index contributed by atoms with van der Waals surface area (Å²) in [6.07, 6.45) is 0. The first-order chi connectivity index (χ1) is 8.52. The average molecular weight is 461 g/mol. The Hall–Kier alpha value is -0.350. The summed E-state index contributed by atoms with van der Waals surface area (Å²) in [7, 11) is 5.13. The summed E-state index contributed by atoms with van der Waals surface area (Å²) in [5.74, 6) is 0.631. The molecule has 8 heteroatoms. The molecule has 19 heavy (non-hydrogen) atoms. The highest BCUT2D eigenvalue weighted by atomic mass is 127. The van der Waals surface area contributed by atoms with Gasteiger partial charge in [-0.05, 0) is 22.0 Å². The number of likely N-dealkylation sites (N-methyl/N-ethyl adjacent to an activating group) is 1. The highest BCUT2D eigenvalue weighted by Crippen LogP contribution is 2.19. The quantitative estimate of drug-likeness (QED) is 0.409. The highest BCUT2D eigenvalue weighted by molar-refractivity contribution is 14.0. The fourth-order valence-electron chi connectivity index (χ4n) is 1.16. The molecule has 108 valence electrons. The van der Waals surface area contributed by atoms with Gasteiger partial charge >= 0.3 is 0 Å². The molecule has 0 atom stereocenters. The van der Waals surface area contributed by atoms with Gasteiger partial charge in [-0.25, -0.2) is 0 Å². The van der Waals surface area contributed by atoms with Crippen molar-refractivity contribution in [2.45, 2.75) is 6.54 Å². The van der Waals surface area contributed by atoms with Gasteiger partial charge in [-0.3, -0.25) is 9.79 Å². The van der Waals surface area contributed by atoms with Crippen LogP contribution in [0.1, 0.15) is 4.88 Å². The lowest BCUT2D eigenvalue weighted by Crippen LogP contribution is -2.42. The molecule has 0 radical (unpaired) electrons. The molecule has 1 aromatic heterocycles. The van der Waals surface area contributed by atoms with Gasteiger partial charge in [-0.2, -0.15) is 0 Å². The average Bonchev–Trinajstić information content (AvgIpc) is 2.74. The third kappa shape index (κ3) is 7.11. The largest absolute Gasteiger partial charge is 0.352 e. The summed E-state index contributed by atoms with van der Waals surface area (Å²) < 4.78 is 1.08. The number of guanidine groups is 1. The highest BCUT2D eigenvalue weighted by Gasteiger charge is 2.05. The molecule has 5 nitrogen and oxygen atoms in total. The second-order valence-corrected chi connectivity index (χ2v) is 5.71. The van der Waals surface area contributed by atoms with Crippen LogP contribution in [0.3, 0.4) is 0 Å². The Morgan fingerprint density at radius 1 is 1.47 bits per heavy atom. The normalized spacial score (nSPS) is 10.6. The molecule has 0 aromatic carbocycles. The van der Waals surface area contributed by atoms with E-state index < -0.39 is 0 Å². The molecule has 0 unspecified atom stereocenters. The summed E-state index contributed by atoms with van der Waals surface area (Å²) in [6, 6.07) is 2.05. The van der Waals surface area contributed by atoms with Crippen LogP contribution in [0.25, 0.3) is 0 Å². The summed E-state index contributed by atoms with van der Waals surface area (Å²) in [6.45, 7) is 0.924. The van der Waals surface area contributed by atoms with E-state index in [0.29, 0.717) is 12.5 Å². The van der Waals surface area contributed by atoms with Gasteiger partial charge in [0.25, 0.3) is 0 Å². The molecular formula is C11H18BrIN4OS. The van der Waals surface area contributed by atoms with E-state index in [0.717, 1.165) is 4.47 Å². The maximum absolute atomic E-state index is 11.4. The fourth-order valence-corrected chi connectivity index (χ4v) is 2.55. The van der Waals surface area contributed by atoms with E-state index in [1.54, 1.807) is 32.5 Å². The summed E-state index contributed by atoms with van der Waals surface area (Å²) >= 11 is 5.07.